The molecule has 210 valence electrons. The molecule has 2 amide bonds. The van der Waals surface area contributed by atoms with Crippen LogP contribution in [0.2, 0.25) is 0 Å². The van der Waals surface area contributed by atoms with Gasteiger partial charge in [0.05, 0.1) is 17.4 Å². The van der Waals surface area contributed by atoms with E-state index in [0.717, 1.165) is 10.3 Å². The minimum Gasteiger partial charge on any atom is -0.481 e. The Morgan fingerprint density at radius 1 is 1.15 bits per heavy atom. The van der Waals surface area contributed by atoms with E-state index in [-0.39, 0.29) is 36.8 Å². The van der Waals surface area contributed by atoms with Crippen LogP contribution in [-0.2, 0) is 29.2 Å². The van der Waals surface area contributed by atoms with Crippen molar-refractivity contribution in [3.05, 3.63) is 42.5 Å². The number of aliphatic carboxylic acids is 1. The van der Waals surface area contributed by atoms with E-state index in [1.165, 1.54) is 12.1 Å². The average molecular weight is 561 g/mol. The van der Waals surface area contributed by atoms with E-state index >= 15 is 0 Å². The average Bonchev–Trinajstić information content (AvgIpc) is 3.39. The van der Waals surface area contributed by atoms with Crippen LogP contribution in [0.15, 0.2) is 52.4 Å². The molecular weight excluding hydrogens is 528 g/mol. The Kier molecular flexibility index (Phi) is 9.95. The summed E-state index contributed by atoms with van der Waals surface area (Å²) in [6.45, 7) is 0.395. The Bertz CT molecular complexity index is 1360. The lowest BCUT2D eigenvalue weighted by Gasteiger charge is -2.28. The second kappa shape index (κ2) is 13.2. The fraction of sp³-hybridized carbons (Fsp3) is 0.400. The van der Waals surface area contributed by atoms with Gasteiger partial charge in [-0.25, -0.2) is 8.42 Å². The molecule has 0 spiro atoms. The van der Waals surface area contributed by atoms with Crippen molar-refractivity contribution in [1.29, 1.82) is 0 Å². The molecule has 3 atom stereocenters. The number of aliphatic imine (C=N–C) groups is 1. The van der Waals surface area contributed by atoms with Gasteiger partial charge in [0.25, 0.3) is 0 Å². The summed E-state index contributed by atoms with van der Waals surface area (Å²) in [4.78, 5) is 54.2. The van der Waals surface area contributed by atoms with Gasteiger partial charge in [-0.05, 0) is 48.6 Å². The van der Waals surface area contributed by atoms with Crippen molar-refractivity contribution in [3.63, 3.8) is 0 Å². The van der Waals surface area contributed by atoms with Crippen LogP contribution in [0.5, 0.6) is 0 Å². The van der Waals surface area contributed by atoms with Crippen LogP contribution < -0.4 is 21.5 Å². The van der Waals surface area contributed by atoms with E-state index in [9.17, 15) is 32.7 Å². The molecule has 1 fully saturated rings. The van der Waals surface area contributed by atoms with Gasteiger partial charge in [0.2, 0.25) is 21.8 Å². The van der Waals surface area contributed by atoms with Crippen molar-refractivity contribution in [1.82, 2.24) is 14.9 Å². The van der Waals surface area contributed by atoms with E-state index in [4.69, 9.17) is 11.5 Å². The number of guanidine groups is 1. The zero-order chi connectivity index (χ0) is 28.6. The molecule has 7 N–H and O–H groups in total. The number of fused-ring (bicyclic) bond motifs is 1. The summed E-state index contributed by atoms with van der Waals surface area (Å²) in [5.74, 6) is -2.91. The minimum absolute atomic E-state index is 0.0889. The van der Waals surface area contributed by atoms with Gasteiger partial charge < -0.3 is 31.6 Å². The van der Waals surface area contributed by atoms with Crippen LogP contribution in [0.3, 0.4) is 0 Å². The second-order valence-corrected chi connectivity index (χ2v) is 10.9. The molecular formula is C25H32N6O7S. The molecule has 39 heavy (non-hydrogen) atoms. The van der Waals surface area contributed by atoms with Gasteiger partial charge in [0.15, 0.2) is 5.96 Å². The normalized spacial score (nSPS) is 16.8. The SMILES string of the molecule is NC(N)=NCCC[C@H](C=O)NC(=O)[C@@H]1CCCN1C(=O)[C@@H](CC(=O)O)NS(=O)(=O)c1ccc2ccccc2c1. The van der Waals surface area contributed by atoms with Crippen molar-refractivity contribution in [3.8, 4) is 0 Å². The van der Waals surface area contributed by atoms with E-state index < -0.39 is 52.4 Å². The number of likely N-dealkylation sites (tertiary alicyclic amines) is 1. The summed E-state index contributed by atoms with van der Waals surface area (Å²) < 4.78 is 28.5. The Labute approximate surface area is 225 Å². The molecule has 0 aliphatic carbocycles. The molecule has 0 saturated carbocycles. The molecule has 0 unspecified atom stereocenters. The highest BCUT2D eigenvalue weighted by molar-refractivity contribution is 7.89. The number of hydrogen-bond donors (Lipinski definition) is 5. The van der Waals surface area contributed by atoms with Crippen molar-refractivity contribution in [2.75, 3.05) is 13.1 Å². The van der Waals surface area contributed by atoms with Gasteiger partial charge in [0.1, 0.15) is 18.4 Å². The lowest BCUT2D eigenvalue weighted by Crippen LogP contribution is -2.55. The van der Waals surface area contributed by atoms with Crippen LogP contribution in [-0.4, -0.2) is 79.7 Å². The zero-order valence-electron chi connectivity index (χ0n) is 21.2. The number of rotatable bonds is 13. The molecule has 1 saturated heterocycles. The summed E-state index contributed by atoms with van der Waals surface area (Å²) in [5, 5.41) is 13.4. The molecule has 1 heterocycles. The molecule has 3 rings (SSSR count). The summed E-state index contributed by atoms with van der Waals surface area (Å²) in [6, 6.07) is 8.04. The quantitative estimate of drug-likeness (QED) is 0.0938. The largest absolute Gasteiger partial charge is 0.481 e. The number of carbonyl (C=O) groups is 4. The molecule has 1 aliphatic heterocycles. The van der Waals surface area contributed by atoms with Gasteiger partial charge in [0, 0.05) is 13.1 Å². The van der Waals surface area contributed by atoms with Crippen LogP contribution in [0.4, 0.5) is 0 Å². The number of sulfonamides is 1. The van der Waals surface area contributed by atoms with Crippen molar-refractivity contribution < 1.29 is 32.7 Å². The highest BCUT2D eigenvalue weighted by Crippen LogP contribution is 2.22. The summed E-state index contributed by atoms with van der Waals surface area (Å²) in [5.41, 5.74) is 10.5. The minimum atomic E-state index is -4.29. The molecule has 2 aromatic carbocycles. The first-order chi connectivity index (χ1) is 18.5. The third-order valence-corrected chi connectivity index (χ3v) is 7.77. The number of carboxylic acids is 1. The highest BCUT2D eigenvalue weighted by Gasteiger charge is 2.39. The van der Waals surface area contributed by atoms with Crippen molar-refractivity contribution >= 4 is 50.8 Å². The van der Waals surface area contributed by atoms with E-state index in [2.05, 4.69) is 15.0 Å². The standard InChI is InChI=1S/C25H32N6O7S/c26-25(27)28-11-3-7-18(15-32)29-23(35)21-8-4-12-31(21)24(36)20(14-22(33)34)30-39(37,38)19-10-9-16-5-1-2-6-17(16)13-19/h1-2,5-6,9-10,13,15,18,20-21,30H,3-4,7-8,11-12,14H2,(H,29,35)(H,33,34)(H4,26,27,28)/t18-,20-,21+/m1/s1. The zero-order valence-corrected chi connectivity index (χ0v) is 22.0. The summed E-state index contributed by atoms with van der Waals surface area (Å²) in [7, 11) is -4.29. The number of hydrogen-bond acceptors (Lipinski definition) is 7. The Balaban J connectivity index is 1.74. The number of benzene rings is 2. The Hall–Kier alpha value is -4.04. The number of aldehydes is 1. The lowest BCUT2D eigenvalue weighted by atomic mass is 10.1. The van der Waals surface area contributed by atoms with Gasteiger partial charge >= 0.3 is 5.97 Å². The number of nitrogens with one attached hydrogen (secondary N) is 2. The Morgan fingerprint density at radius 2 is 1.87 bits per heavy atom. The Morgan fingerprint density at radius 3 is 2.54 bits per heavy atom. The smallest absolute Gasteiger partial charge is 0.305 e. The van der Waals surface area contributed by atoms with Crippen LogP contribution in [0.25, 0.3) is 10.8 Å². The fourth-order valence-corrected chi connectivity index (χ4v) is 5.64. The molecule has 1 aliphatic rings. The topological polar surface area (TPSA) is 214 Å². The van der Waals surface area contributed by atoms with E-state index in [1.54, 1.807) is 18.2 Å². The number of nitrogens with zero attached hydrogens (tertiary/aromatic N) is 2. The van der Waals surface area contributed by atoms with Crippen LogP contribution >= 0.6 is 0 Å². The second-order valence-electron chi connectivity index (χ2n) is 9.17. The summed E-state index contributed by atoms with van der Waals surface area (Å²) >= 11 is 0. The van der Waals surface area contributed by atoms with E-state index in [1.807, 2.05) is 12.1 Å². The highest BCUT2D eigenvalue weighted by atomic mass is 32.2. The fourth-order valence-electron chi connectivity index (χ4n) is 4.42. The number of carboxylic acid groups (broad SMARTS) is 1. The maximum atomic E-state index is 13.4. The maximum Gasteiger partial charge on any atom is 0.305 e. The maximum absolute atomic E-state index is 13.4. The molecule has 0 radical (unpaired) electrons. The van der Waals surface area contributed by atoms with Gasteiger partial charge in [-0.3, -0.25) is 19.4 Å². The summed E-state index contributed by atoms with van der Waals surface area (Å²) in [6.07, 6.45) is 1.15. The van der Waals surface area contributed by atoms with Crippen molar-refractivity contribution in [2.24, 2.45) is 16.5 Å². The van der Waals surface area contributed by atoms with Crippen LogP contribution in [0, 0.1) is 0 Å². The first-order valence-corrected chi connectivity index (χ1v) is 13.8. The number of nitrogens with two attached hydrogens (primary N) is 2. The molecule has 0 bridgehead atoms. The predicted molar refractivity (Wildman–Crippen MR) is 143 cm³/mol. The molecule has 2 aromatic rings. The number of carbonyl (C=O) groups excluding carboxylic acids is 3. The van der Waals surface area contributed by atoms with Gasteiger partial charge in [-0.15, -0.1) is 0 Å². The molecule has 13 nitrogen and oxygen atoms in total. The third-order valence-electron chi connectivity index (χ3n) is 6.30. The third kappa shape index (κ3) is 7.97. The molecule has 14 heteroatoms. The first-order valence-electron chi connectivity index (χ1n) is 12.4. The number of amides is 2. The van der Waals surface area contributed by atoms with Gasteiger partial charge in [-0.2, -0.15) is 4.72 Å². The monoisotopic (exact) mass is 560 g/mol. The molecule has 0 aromatic heterocycles. The van der Waals surface area contributed by atoms with Gasteiger partial charge in [-0.1, -0.05) is 30.3 Å². The predicted octanol–water partition coefficient (Wildman–Crippen LogP) is -0.310. The van der Waals surface area contributed by atoms with Crippen LogP contribution in [0.1, 0.15) is 32.1 Å². The van der Waals surface area contributed by atoms with Crippen molar-refractivity contribution in [2.45, 2.75) is 55.1 Å². The van der Waals surface area contributed by atoms with E-state index in [0.29, 0.717) is 24.5 Å². The first kappa shape index (κ1) is 29.5. The lowest BCUT2D eigenvalue weighted by molar-refractivity contribution is -0.144.